The number of nitrogens with two attached hydrogens (primary N) is 1. The predicted octanol–water partition coefficient (Wildman–Crippen LogP) is 4.11. The molecule has 0 aliphatic heterocycles. The smallest absolute Gasteiger partial charge is 0.138 e. The lowest BCUT2D eigenvalue weighted by molar-refractivity contribution is 0.481. The van der Waals surface area contributed by atoms with Crippen LogP contribution >= 0.6 is 0 Å². The number of nitrogen functional groups attached to an aromatic ring is 1. The number of hydrogen-bond acceptors (Lipinski definition) is 2. The summed E-state index contributed by atoms with van der Waals surface area (Å²) in [7, 11) is 0. The van der Waals surface area contributed by atoms with Crippen LogP contribution in [0.25, 0.3) is 0 Å². The average Bonchev–Trinajstić information content (AvgIpc) is 2.47. The molecule has 0 radical (unpaired) electrons. The third kappa shape index (κ3) is 3.60. The minimum atomic E-state index is 0.0140. The van der Waals surface area contributed by atoms with E-state index in [2.05, 4.69) is 19.1 Å². The second kappa shape index (κ2) is 6.75. The number of hydrogen-bond donors (Lipinski definition) is 2. The fourth-order valence-corrected chi connectivity index (χ4v) is 2.01. The van der Waals surface area contributed by atoms with E-state index in [4.69, 9.17) is 15.9 Å². The van der Waals surface area contributed by atoms with E-state index in [1.165, 1.54) is 18.4 Å². The number of rotatable bonds is 6. The van der Waals surface area contributed by atoms with Crippen molar-refractivity contribution < 1.29 is 4.74 Å². The van der Waals surface area contributed by atoms with E-state index >= 15 is 0 Å². The molecule has 0 spiro atoms. The van der Waals surface area contributed by atoms with Crippen molar-refractivity contribution in [1.82, 2.24) is 0 Å². The molecule has 0 heterocycles. The second-order valence-corrected chi connectivity index (χ2v) is 4.76. The van der Waals surface area contributed by atoms with E-state index in [0.717, 1.165) is 12.2 Å². The molecule has 2 rings (SSSR count). The molecule has 3 nitrogen and oxygen atoms in total. The monoisotopic (exact) mass is 268 g/mol. The van der Waals surface area contributed by atoms with Gasteiger partial charge in [0.1, 0.15) is 17.3 Å². The third-order valence-electron chi connectivity index (χ3n) is 3.15. The standard InChI is InChI=1S/C17H20N2O/c1-2-3-6-13-9-11-14(12-10-13)20-16-8-5-4-7-15(16)17(18)19/h4-5,7-12H,2-3,6H2,1H3,(H3,18,19). The Morgan fingerprint density at radius 1 is 1.10 bits per heavy atom. The third-order valence-corrected chi connectivity index (χ3v) is 3.15. The maximum atomic E-state index is 7.55. The molecule has 104 valence electrons. The van der Waals surface area contributed by atoms with Crippen molar-refractivity contribution in [1.29, 1.82) is 5.41 Å². The summed E-state index contributed by atoms with van der Waals surface area (Å²) in [5.74, 6) is 1.39. The van der Waals surface area contributed by atoms with E-state index < -0.39 is 0 Å². The van der Waals surface area contributed by atoms with Gasteiger partial charge in [-0.3, -0.25) is 5.41 Å². The van der Waals surface area contributed by atoms with Crippen LogP contribution in [-0.4, -0.2) is 5.84 Å². The lowest BCUT2D eigenvalue weighted by atomic mass is 10.1. The molecule has 2 aromatic carbocycles. The summed E-state index contributed by atoms with van der Waals surface area (Å²) in [6, 6.07) is 15.4. The van der Waals surface area contributed by atoms with Crippen molar-refractivity contribution in [2.75, 3.05) is 0 Å². The summed E-state index contributed by atoms with van der Waals surface area (Å²) in [4.78, 5) is 0. The molecule has 0 fully saturated rings. The van der Waals surface area contributed by atoms with Crippen LogP contribution in [0.2, 0.25) is 0 Å². The number of nitrogens with one attached hydrogen (secondary N) is 1. The number of para-hydroxylation sites is 1. The lowest BCUT2D eigenvalue weighted by Gasteiger charge is -2.10. The molecule has 20 heavy (non-hydrogen) atoms. The Balaban J connectivity index is 2.12. The van der Waals surface area contributed by atoms with Crippen LogP contribution in [0.5, 0.6) is 11.5 Å². The highest BCUT2D eigenvalue weighted by atomic mass is 16.5. The molecule has 0 aliphatic rings. The Labute approximate surface area is 119 Å². The summed E-state index contributed by atoms with van der Waals surface area (Å²) in [5.41, 5.74) is 7.48. The van der Waals surface area contributed by atoms with E-state index in [9.17, 15) is 0 Å². The number of unbranched alkanes of at least 4 members (excludes halogenated alkanes) is 1. The number of aryl methyl sites for hydroxylation is 1. The summed E-state index contributed by atoms with van der Waals surface area (Å²) < 4.78 is 5.81. The van der Waals surface area contributed by atoms with Crippen LogP contribution in [0, 0.1) is 5.41 Å². The normalized spacial score (nSPS) is 10.2. The zero-order valence-corrected chi connectivity index (χ0v) is 11.7. The Kier molecular flexibility index (Phi) is 4.77. The highest BCUT2D eigenvalue weighted by Crippen LogP contribution is 2.25. The SMILES string of the molecule is CCCCc1ccc(Oc2ccccc2C(=N)N)cc1. The summed E-state index contributed by atoms with van der Waals surface area (Å²) >= 11 is 0. The van der Waals surface area contributed by atoms with Crippen molar-refractivity contribution in [2.45, 2.75) is 26.2 Å². The maximum Gasteiger partial charge on any atom is 0.138 e. The predicted molar refractivity (Wildman–Crippen MR) is 82.6 cm³/mol. The summed E-state index contributed by atoms with van der Waals surface area (Å²) in [6.07, 6.45) is 3.50. The van der Waals surface area contributed by atoms with Crippen LogP contribution < -0.4 is 10.5 Å². The van der Waals surface area contributed by atoms with Crippen LogP contribution in [0.3, 0.4) is 0 Å². The Bertz CT molecular complexity index is 576. The molecular weight excluding hydrogens is 248 g/mol. The van der Waals surface area contributed by atoms with E-state index in [1.54, 1.807) is 6.07 Å². The van der Waals surface area contributed by atoms with E-state index in [1.807, 2.05) is 30.3 Å². The zero-order valence-electron chi connectivity index (χ0n) is 11.7. The minimum Gasteiger partial charge on any atom is -0.457 e. The summed E-state index contributed by atoms with van der Waals surface area (Å²) in [6.45, 7) is 2.19. The van der Waals surface area contributed by atoms with Crippen LogP contribution in [-0.2, 0) is 6.42 Å². The first-order valence-corrected chi connectivity index (χ1v) is 6.91. The van der Waals surface area contributed by atoms with Gasteiger partial charge in [-0.25, -0.2) is 0 Å². The molecule has 0 saturated heterocycles. The van der Waals surface area contributed by atoms with Crippen molar-refractivity contribution in [2.24, 2.45) is 5.73 Å². The van der Waals surface area contributed by atoms with Gasteiger partial charge in [-0.2, -0.15) is 0 Å². The first-order valence-electron chi connectivity index (χ1n) is 6.91. The molecule has 2 aromatic rings. The van der Waals surface area contributed by atoms with E-state index in [-0.39, 0.29) is 5.84 Å². The molecule has 0 saturated carbocycles. The van der Waals surface area contributed by atoms with Gasteiger partial charge in [-0.1, -0.05) is 37.6 Å². The Morgan fingerprint density at radius 2 is 1.80 bits per heavy atom. The number of amidine groups is 1. The van der Waals surface area contributed by atoms with Gasteiger partial charge in [-0.05, 0) is 42.7 Å². The van der Waals surface area contributed by atoms with Gasteiger partial charge in [0.25, 0.3) is 0 Å². The van der Waals surface area contributed by atoms with Gasteiger partial charge in [0.05, 0.1) is 5.56 Å². The molecule has 3 N–H and O–H groups in total. The molecule has 0 amide bonds. The van der Waals surface area contributed by atoms with Gasteiger partial charge in [-0.15, -0.1) is 0 Å². The van der Waals surface area contributed by atoms with E-state index in [0.29, 0.717) is 11.3 Å². The molecule has 0 unspecified atom stereocenters. The molecular formula is C17H20N2O. The fraction of sp³-hybridized carbons (Fsp3) is 0.235. The van der Waals surface area contributed by atoms with Crippen LogP contribution in [0.4, 0.5) is 0 Å². The average molecular weight is 268 g/mol. The van der Waals surface area contributed by atoms with Gasteiger partial charge in [0.2, 0.25) is 0 Å². The van der Waals surface area contributed by atoms with Gasteiger partial charge in [0.15, 0.2) is 0 Å². The fourth-order valence-electron chi connectivity index (χ4n) is 2.01. The molecule has 0 aliphatic carbocycles. The Hall–Kier alpha value is -2.29. The zero-order chi connectivity index (χ0) is 14.4. The molecule has 0 atom stereocenters. The van der Waals surface area contributed by atoms with Crippen molar-refractivity contribution in [3.8, 4) is 11.5 Å². The van der Waals surface area contributed by atoms with Crippen molar-refractivity contribution in [3.63, 3.8) is 0 Å². The van der Waals surface area contributed by atoms with Gasteiger partial charge < -0.3 is 10.5 Å². The van der Waals surface area contributed by atoms with Crippen molar-refractivity contribution >= 4 is 5.84 Å². The Morgan fingerprint density at radius 3 is 2.45 bits per heavy atom. The number of ether oxygens (including phenoxy) is 1. The molecule has 0 aromatic heterocycles. The first kappa shape index (κ1) is 14.1. The quantitative estimate of drug-likeness (QED) is 0.612. The van der Waals surface area contributed by atoms with Crippen LogP contribution in [0.1, 0.15) is 30.9 Å². The largest absolute Gasteiger partial charge is 0.457 e. The molecule has 3 heteroatoms. The maximum absolute atomic E-state index is 7.55. The second-order valence-electron chi connectivity index (χ2n) is 4.76. The van der Waals surface area contributed by atoms with Gasteiger partial charge >= 0.3 is 0 Å². The molecule has 0 bridgehead atoms. The first-order chi connectivity index (χ1) is 9.70. The summed E-state index contributed by atoms with van der Waals surface area (Å²) in [5, 5.41) is 7.55. The van der Waals surface area contributed by atoms with Gasteiger partial charge in [0, 0.05) is 0 Å². The van der Waals surface area contributed by atoms with Crippen LogP contribution in [0.15, 0.2) is 48.5 Å². The van der Waals surface area contributed by atoms with Crippen molar-refractivity contribution in [3.05, 3.63) is 59.7 Å². The highest BCUT2D eigenvalue weighted by Gasteiger charge is 2.06. The highest BCUT2D eigenvalue weighted by molar-refractivity contribution is 5.97. The topological polar surface area (TPSA) is 59.1 Å². The number of benzene rings is 2. The minimum absolute atomic E-state index is 0.0140. The lowest BCUT2D eigenvalue weighted by Crippen LogP contribution is -2.12.